The topological polar surface area (TPSA) is 118 Å². The summed E-state index contributed by atoms with van der Waals surface area (Å²) >= 11 is 4.30. The van der Waals surface area contributed by atoms with E-state index in [1.54, 1.807) is 6.08 Å². The summed E-state index contributed by atoms with van der Waals surface area (Å²) in [6, 6.07) is 13.5. The van der Waals surface area contributed by atoms with Crippen LogP contribution in [0.2, 0.25) is 0 Å². The summed E-state index contributed by atoms with van der Waals surface area (Å²) in [6.45, 7) is 0.433. The Morgan fingerprint density at radius 3 is 2.31 bits per heavy atom. The van der Waals surface area contributed by atoms with Crippen LogP contribution in [0.1, 0.15) is 16.8 Å². The van der Waals surface area contributed by atoms with E-state index in [-0.39, 0.29) is 5.69 Å². The summed E-state index contributed by atoms with van der Waals surface area (Å²) in [6.07, 6.45) is 2.92. The third kappa shape index (κ3) is 5.32. The minimum Gasteiger partial charge on any atom is -0.487 e. The highest BCUT2D eigenvalue weighted by Gasteiger charge is 2.18. The molecular weight excluding hydrogens is 604 g/mol. The van der Waals surface area contributed by atoms with Crippen molar-refractivity contribution in [3.63, 3.8) is 0 Å². The highest BCUT2D eigenvalue weighted by Crippen LogP contribution is 2.30. The average Bonchev–Trinajstić information content (AvgIpc) is 2.65. The standard InChI is InChI=1S/C19H13I2N3O5/c20-13-8-12(6-7-15-16(24(27)28)18(25)23-19(26)22-15)9-14(21)17(13)29-10-11-4-2-1-3-5-11/h1-9H,10H2,(H2,22,23,25,26)/b7-6-. The van der Waals surface area contributed by atoms with E-state index in [1.807, 2.05) is 47.4 Å². The number of hydrogen-bond donors (Lipinski definition) is 2. The first-order valence-corrected chi connectivity index (χ1v) is 10.4. The van der Waals surface area contributed by atoms with Gasteiger partial charge in [-0.15, -0.1) is 0 Å². The van der Waals surface area contributed by atoms with Crippen molar-refractivity contribution in [2.75, 3.05) is 0 Å². The summed E-state index contributed by atoms with van der Waals surface area (Å²) in [4.78, 5) is 37.6. The first-order valence-electron chi connectivity index (χ1n) is 8.20. The molecule has 1 heterocycles. The Morgan fingerprint density at radius 2 is 1.69 bits per heavy atom. The van der Waals surface area contributed by atoms with E-state index in [0.717, 1.165) is 24.0 Å². The zero-order valence-corrected chi connectivity index (χ0v) is 19.0. The van der Waals surface area contributed by atoms with Crippen LogP contribution in [0.5, 0.6) is 5.75 Å². The van der Waals surface area contributed by atoms with Gasteiger partial charge >= 0.3 is 16.9 Å². The van der Waals surface area contributed by atoms with E-state index < -0.39 is 21.9 Å². The summed E-state index contributed by atoms with van der Waals surface area (Å²) in [7, 11) is 0. The monoisotopic (exact) mass is 617 g/mol. The van der Waals surface area contributed by atoms with E-state index in [1.165, 1.54) is 6.08 Å². The third-order valence-electron chi connectivity index (χ3n) is 3.82. The number of benzene rings is 2. The molecule has 148 valence electrons. The lowest BCUT2D eigenvalue weighted by molar-refractivity contribution is -0.386. The molecule has 3 aromatic rings. The fraction of sp³-hybridized carbons (Fsp3) is 0.0526. The Morgan fingerprint density at radius 1 is 1.03 bits per heavy atom. The molecule has 0 aliphatic heterocycles. The van der Waals surface area contributed by atoms with Gasteiger partial charge in [0, 0.05) is 0 Å². The number of nitrogens with one attached hydrogen (secondary N) is 2. The zero-order chi connectivity index (χ0) is 21.0. The largest absolute Gasteiger partial charge is 0.487 e. The number of halogens is 2. The van der Waals surface area contributed by atoms with Gasteiger partial charge < -0.3 is 9.72 Å². The van der Waals surface area contributed by atoms with Crippen LogP contribution in [0.25, 0.3) is 12.2 Å². The molecule has 2 aromatic carbocycles. The minimum atomic E-state index is -1.05. The van der Waals surface area contributed by atoms with Crippen molar-refractivity contribution >= 4 is 63.0 Å². The highest BCUT2D eigenvalue weighted by molar-refractivity contribution is 14.1. The van der Waals surface area contributed by atoms with Crippen LogP contribution in [-0.4, -0.2) is 14.9 Å². The lowest BCUT2D eigenvalue weighted by Gasteiger charge is -2.11. The molecular formula is C19H13I2N3O5. The molecule has 10 heteroatoms. The molecule has 0 bridgehead atoms. The fourth-order valence-electron chi connectivity index (χ4n) is 2.52. The smallest absolute Gasteiger partial charge is 0.357 e. The molecule has 0 aliphatic rings. The molecule has 2 N–H and O–H groups in total. The van der Waals surface area contributed by atoms with Gasteiger partial charge in [-0.25, -0.2) is 4.79 Å². The number of nitro groups is 1. The molecule has 0 aliphatic carbocycles. The number of H-pyrrole nitrogens is 2. The van der Waals surface area contributed by atoms with Crippen LogP contribution in [0.15, 0.2) is 52.1 Å². The van der Waals surface area contributed by atoms with Gasteiger partial charge in [0.15, 0.2) is 0 Å². The molecule has 29 heavy (non-hydrogen) atoms. The first-order chi connectivity index (χ1) is 13.8. The van der Waals surface area contributed by atoms with Gasteiger partial charge in [0.1, 0.15) is 18.1 Å². The predicted octanol–water partition coefficient (Wildman–Crippen LogP) is 3.93. The van der Waals surface area contributed by atoms with E-state index in [0.29, 0.717) is 6.61 Å². The van der Waals surface area contributed by atoms with Crippen LogP contribution in [0.4, 0.5) is 5.69 Å². The molecule has 0 unspecified atom stereocenters. The molecule has 0 fully saturated rings. The SMILES string of the molecule is O=c1[nH]c(/C=C\c2cc(I)c(OCc3ccccc3)c(I)c2)c([N+](=O)[O-])c(=O)[nH]1. The number of nitrogens with zero attached hydrogens (tertiary/aromatic N) is 1. The molecule has 8 nitrogen and oxygen atoms in total. The Labute approximate surface area is 191 Å². The lowest BCUT2D eigenvalue weighted by Crippen LogP contribution is -2.25. The molecule has 1 aromatic heterocycles. The highest BCUT2D eigenvalue weighted by atomic mass is 127. The van der Waals surface area contributed by atoms with Gasteiger partial charge in [0.25, 0.3) is 0 Å². The van der Waals surface area contributed by atoms with Crippen molar-refractivity contribution in [1.29, 1.82) is 0 Å². The van der Waals surface area contributed by atoms with E-state index in [9.17, 15) is 19.7 Å². The number of rotatable bonds is 6. The second-order valence-corrected chi connectivity index (χ2v) is 8.17. The molecule has 0 atom stereocenters. The van der Waals surface area contributed by atoms with Crippen molar-refractivity contribution < 1.29 is 9.66 Å². The number of hydrogen-bond acceptors (Lipinski definition) is 5. The van der Waals surface area contributed by atoms with E-state index >= 15 is 0 Å². The normalized spacial score (nSPS) is 11.0. The van der Waals surface area contributed by atoms with Crippen LogP contribution >= 0.6 is 45.2 Å². The third-order valence-corrected chi connectivity index (χ3v) is 5.42. The molecule has 3 rings (SSSR count). The first kappa shape index (κ1) is 21.2. The second-order valence-electron chi connectivity index (χ2n) is 5.85. The molecule has 0 spiro atoms. The number of aromatic amines is 2. The Balaban J connectivity index is 1.87. The van der Waals surface area contributed by atoms with Crippen LogP contribution in [0.3, 0.4) is 0 Å². The maximum absolute atomic E-state index is 11.7. The fourth-order valence-corrected chi connectivity index (χ4v) is 4.65. The average molecular weight is 617 g/mol. The number of ether oxygens (including phenoxy) is 1. The number of aromatic nitrogens is 2. The maximum Gasteiger partial charge on any atom is 0.357 e. The Kier molecular flexibility index (Phi) is 6.84. The van der Waals surface area contributed by atoms with Crippen molar-refractivity contribution in [3.8, 4) is 5.75 Å². The van der Waals surface area contributed by atoms with E-state index in [2.05, 4.69) is 50.2 Å². The maximum atomic E-state index is 11.7. The molecule has 0 amide bonds. The van der Waals surface area contributed by atoms with Gasteiger partial charge in [-0.05, 0) is 74.5 Å². The van der Waals surface area contributed by atoms with Crippen molar-refractivity contribution in [2.24, 2.45) is 0 Å². The second kappa shape index (κ2) is 9.35. The van der Waals surface area contributed by atoms with Crippen molar-refractivity contribution in [1.82, 2.24) is 9.97 Å². The van der Waals surface area contributed by atoms with Crippen molar-refractivity contribution in [3.05, 3.63) is 97.4 Å². The van der Waals surface area contributed by atoms with Gasteiger partial charge in [0.05, 0.1) is 12.1 Å². The van der Waals surface area contributed by atoms with Gasteiger partial charge in [-0.2, -0.15) is 0 Å². The quantitative estimate of drug-likeness (QED) is 0.247. The predicted molar refractivity (Wildman–Crippen MR) is 126 cm³/mol. The summed E-state index contributed by atoms with van der Waals surface area (Å²) in [5.41, 5.74) is -0.956. The van der Waals surface area contributed by atoms with Gasteiger partial charge in [0.2, 0.25) is 0 Å². The molecule has 0 saturated carbocycles. The molecule has 0 radical (unpaired) electrons. The summed E-state index contributed by atoms with van der Waals surface area (Å²) in [5.74, 6) is 0.739. The minimum absolute atomic E-state index is 0.168. The van der Waals surface area contributed by atoms with Crippen molar-refractivity contribution in [2.45, 2.75) is 6.61 Å². The Bertz CT molecular complexity index is 1180. The summed E-state index contributed by atoms with van der Waals surface area (Å²) < 4.78 is 7.65. The van der Waals surface area contributed by atoms with Crippen LogP contribution in [0, 0.1) is 17.3 Å². The van der Waals surface area contributed by atoms with E-state index in [4.69, 9.17) is 4.74 Å². The molecule has 0 saturated heterocycles. The van der Waals surface area contributed by atoms with Crippen LogP contribution in [-0.2, 0) is 6.61 Å². The van der Waals surface area contributed by atoms with Gasteiger partial charge in [-0.1, -0.05) is 36.4 Å². The zero-order valence-electron chi connectivity index (χ0n) is 14.6. The lowest BCUT2D eigenvalue weighted by atomic mass is 10.2. The van der Waals surface area contributed by atoms with Crippen LogP contribution < -0.4 is 16.0 Å². The Hall–Kier alpha value is -2.48. The summed E-state index contributed by atoms with van der Waals surface area (Å²) in [5, 5.41) is 11.1. The van der Waals surface area contributed by atoms with Gasteiger partial charge in [-0.3, -0.25) is 19.9 Å².